The number of ether oxygens (including phenoxy) is 3. The number of aromatic amines is 1. The topological polar surface area (TPSA) is 128 Å². The number of carbonyl (C=O) groups is 2. The molecule has 11 heteroatoms. The summed E-state index contributed by atoms with van der Waals surface area (Å²) in [5, 5.41) is 8.59. The number of hydrogen-bond donors (Lipinski definition) is 2. The fourth-order valence-electron chi connectivity index (χ4n) is 1.77. The lowest BCUT2D eigenvalue weighted by Crippen LogP contribution is -2.32. The number of H-pyrrole nitrogens is 1. The summed E-state index contributed by atoms with van der Waals surface area (Å²) in [5.74, 6) is -0.199. The zero-order valence-corrected chi connectivity index (χ0v) is 22.7. The number of pyridine rings is 2. The van der Waals surface area contributed by atoms with Crippen LogP contribution in [0, 0.1) is 10.8 Å². The third kappa shape index (κ3) is 12.5. The van der Waals surface area contributed by atoms with E-state index in [9.17, 15) is 14.4 Å². The molecule has 33 heavy (non-hydrogen) atoms. The Hall–Kier alpha value is -2.24. The Morgan fingerprint density at radius 1 is 0.970 bits per heavy atom. The van der Waals surface area contributed by atoms with Crippen molar-refractivity contribution in [1.29, 1.82) is 0 Å². The molecule has 2 aromatic rings. The average molecular weight is 594 g/mol. The summed E-state index contributed by atoms with van der Waals surface area (Å²) in [6.07, 6.45) is 3.24. The van der Waals surface area contributed by atoms with Crippen LogP contribution in [0.2, 0.25) is 0 Å². The van der Waals surface area contributed by atoms with Crippen LogP contribution in [0.15, 0.2) is 50.4 Å². The standard InChI is InChI=1S/C11H14BrNO3.C6H12O3.C5H4BrNO/c1-11(2,10(14)15-3)7-16-9-5-4-8(12)6-13-9;1-6(2,4-7)5(8)9-3;6-4-1-2-5(8)7-3-4/h4-6H,7H2,1-3H3;7H,4H2,1-3H3;1-3H,(H,7,8). The van der Waals surface area contributed by atoms with Crippen molar-refractivity contribution in [2.45, 2.75) is 27.7 Å². The molecule has 0 radical (unpaired) electrons. The molecule has 2 heterocycles. The molecule has 0 aromatic carbocycles. The molecule has 0 fully saturated rings. The van der Waals surface area contributed by atoms with E-state index in [0.29, 0.717) is 5.88 Å². The van der Waals surface area contributed by atoms with Gasteiger partial charge in [-0.3, -0.25) is 14.4 Å². The molecule has 0 aliphatic rings. The molecule has 0 unspecified atom stereocenters. The predicted molar refractivity (Wildman–Crippen MR) is 131 cm³/mol. The largest absolute Gasteiger partial charge is 0.476 e. The Kier molecular flexibility index (Phi) is 13.8. The summed E-state index contributed by atoms with van der Waals surface area (Å²) in [4.78, 5) is 38.9. The number of nitrogens with one attached hydrogen (secondary N) is 1. The summed E-state index contributed by atoms with van der Waals surface area (Å²) < 4.78 is 16.3. The monoisotopic (exact) mass is 592 g/mol. The van der Waals surface area contributed by atoms with Crippen LogP contribution in [0.25, 0.3) is 0 Å². The number of aliphatic hydroxyl groups is 1. The predicted octanol–water partition coefficient (Wildman–Crippen LogP) is 3.74. The molecule has 0 spiro atoms. The van der Waals surface area contributed by atoms with E-state index in [4.69, 9.17) is 9.84 Å². The first-order valence-corrected chi connectivity index (χ1v) is 11.2. The maximum Gasteiger partial charge on any atom is 0.314 e. The third-order valence-electron chi connectivity index (χ3n) is 3.90. The highest BCUT2D eigenvalue weighted by Crippen LogP contribution is 2.20. The van der Waals surface area contributed by atoms with Crippen molar-refractivity contribution in [1.82, 2.24) is 9.97 Å². The highest BCUT2D eigenvalue weighted by molar-refractivity contribution is 9.10. The Bertz CT molecular complexity index is 909. The third-order valence-corrected chi connectivity index (χ3v) is 4.86. The van der Waals surface area contributed by atoms with Gasteiger partial charge in [-0.15, -0.1) is 0 Å². The minimum absolute atomic E-state index is 0.0757. The van der Waals surface area contributed by atoms with Gasteiger partial charge in [-0.2, -0.15) is 0 Å². The molecular weight excluding hydrogens is 564 g/mol. The number of halogens is 2. The molecule has 0 amide bonds. The minimum atomic E-state index is -0.755. The molecule has 0 saturated carbocycles. The number of nitrogens with zero attached hydrogens (tertiary/aromatic N) is 1. The summed E-state index contributed by atoms with van der Waals surface area (Å²) in [7, 11) is 2.67. The van der Waals surface area contributed by atoms with E-state index in [1.165, 1.54) is 20.3 Å². The van der Waals surface area contributed by atoms with Gasteiger partial charge >= 0.3 is 11.9 Å². The van der Waals surface area contributed by atoms with Gasteiger partial charge in [-0.05, 0) is 71.7 Å². The normalized spacial score (nSPS) is 10.6. The molecule has 2 N–H and O–H groups in total. The summed E-state index contributed by atoms with van der Waals surface area (Å²) in [5.41, 5.74) is -1.51. The number of aromatic nitrogens is 2. The smallest absolute Gasteiger partial charge is 0.314 e. The first-order valence-electron chi connectivity index (χ1n) is 9.65. The van der Waals surface area contributed by atoms with Crippen molar-refractivity contribution >= 4 is 43.8 Å². The van der Waals surface area contributed by atoms with Gasteiger partial charge in [0.25, 0.3) is 0 Å². The molecule has 184 valence electrons. The Balaban J connectivity index is 0.000000510. The molecule has 0 bridgehead atoms. The molecule has 9 nitrogen and oxygen atoms in total. The Morgan fingerprint density at radius 2 is 1.52 bits per heavy atom. The molecule has 2 aromatic heterocycles. The summed E-state index contributed by atoms with van der Waals surface area (Å²) in [6, 6.07) is 6.72. The van der Waals surface area contributed by atoms with E-state index in [1.807, 2.05) is 6.07 Å². The fraction of sp³-hybridized carbons (Fsp3) is 0.455. The molecule has 0 atom stereocenters. The fourth-order valence-corrected chi connectivity index (χ4v) is 2.25. The van der Waals surface area contributed by atoms with Crippen LogP contribution in [0.3, 0.4) is 0 Å². The van der Waals surface area contributed by atoms with Gasteiger partial charge in [0.15, 0.2) is 0 Å². The number of hydrogen-bond acceptors (Lipinski definition) is 8. The van der Waals surface area contributed by atoms with Crippen LogP contribution < -0.4 is 10.3 Å². The first-order chi connectivity index (χ1) is 15.3. The molecule has 0 aliphatic carbocycles. The number of methoxy groups -OCH3 is 2. The highest BCUT2D eigenvalue weighted by Gasteiger charge is 2.30. The number of rotatable bonds is 6. The van der Waals surface area contributed by atoms with Crippen LogP contribution in [-0.2, 0) is 19.1 Å². The minimum Gasteiger partial charge on any atom is -0.476 e. The van der Waals surface area contributed by atoms with E-state index in [0.717, 1.165) is 8.95 Å². The summed E-state index contributed by atoms with van der Waals surface area (Å²) in [6.45, 7) is 6.82. The van der Waals surface area contributed by atoms with Crippen molar-refractivity contribution in [3.63, 3.8) is 0 Å². The number of aliphatic hydroxyl groups excluding tert-OH is 1. The molecule has 0 aliphatic heterocycles. The zero-order valence-electron chi connectivity index (χ0n) is 19.5. The molecular formula is C22H30Br2N2O7. The van der Waals surface area contributed by atoms with Crippen molar-refractivity contribution < 1.29 is 28.9 Å². The van der Waals surface area contributed by atoms with Crippen molar-refractivity contribution in [3.8, 4) is 5.88 Å². The highest BCUT2D eigenvalue weighted by atomic mass is 79.9. The van der Waals surface area contributed by atoms with Gasteiger partial charge in [0.1, 0.15) is 6.61 Å². The SMILES string of the molecule is COC(=O)C(C)(C)CO.COC(=O)C(C)(C)COc1ccc(Br)cn1.O=c1ccc(Br)c[nH]1. The van der Waals surface area contributed by atoms with Crippen LogP contribution in [0.5, 0.6) is 5.88 Å². The zero-order chi connectivity index (χ0) is 25.7. The average Bonchev–Trinajstić information content (AvgIpc) is 2.80. The number of esters is 2. The lowest BCUT2D eigenvalue weighted by molar-refractivity contribution is -0.153. The quantitative estimate of drug-likeness (QED) is 0.485. The van der Waals surface area contributed by atoms with Crippen LogP contribution >= 0.6 is 31.9 Å². The van der Waals surface area contributed by atoms with Gasteiger partial charge in [-0.25, -0.2) is 4.98 Å². The van der Waals surface area contributed by atoms with Crippen molar-refractivity contribution in [2.24, 2.45) is 10.8 Å². The number of carbonyl (C=O) groups excluding carboxylic acids is 2. The van der Waals surface area contributed by atoms with Gasteiger partial charge < -0.3 is 24.3 Å². The van der Waals surface area contributed by atoms with E-state index in [-0.39, 0.29) is 30.7 Å². The van der Waals surface area contributed by atoms with Crippen molar-refractivity contribution in [2.75, 3.05) is 27.4 Å². The van der Waals surface area contributed by atoms with Crippen LogP contribution in [0.1, 0.15) is 27.7 Å². The second kappa shape index (κ2) is 14.8. The first kappa shape index (κ1) is 30.8. The maximum absolute atomic E-state index is 11.4. The van der Waals surface area contributed by atoms with Gasteiger partial charge in [0.05, 0.1) is 31.7 Å². The van der Waals surface area contributed by atoms with Crippen LogP contribution in [0.4, 0.5) is 0 Å². The summed E-state index contributed by atoms with van der Waals surface area (Å²) >= 11 is 6.45. The second-order valence-electron chi connectivity index (χ2n) is 7.88. The Morgan fingerprint density at radius 3 is 1.88 bits per heavy atom. The lowest BCUT2D eigenvalue weighted by Gasteiger charge is -2.21. The van der Waals surface area contributed by atoms with Crippen LogP contribution in [-0.4, -0.2) is 54.4 Å². The van der Waals surface area contributed by atoms with Gasteiger partial charge in [0.2, 0.25) is 11.4 Å². The van der Waals surface area contributed by atoms with Crippen molar-refractivity contribution in [3.05, 3.63) is 56.0 Å². The van der Waals surface area contributed by atoms with E-state index in [1.54, 1.807) is 52.2 Å². The lowest BCUT2D eigenvalue weighted by atomic mass is 9.95. The van der Waals surface area contributed by atoms with Gasteiger partial charge in [0, 0.05) is 33.5 Å². The van der Waals surface area contributed by atoms with Gasteiger partial charge in [-0.1, -0.05) is 0 Å². The molecule has 2 rings (SSSR count). The van der Waals surface area contributed by atoms with E-state index >= 15 is 0 Å². The molecule has 0 saturated heterocycles. The second-order valence-corrected chi connectivity index (χ2v) is 9.71. The maximum atomic E-state index is 11.4. The Labute approximate surface area is 210 Å². The van der Waals surface area contributed by atoms with E-state index in [2.05, 4.69) is 51.3 Å². The van der Waals surface area contributed by atoms with E-state index < -0.39 is 10.8 Å².